The van der Waals surface area contributed by atoms with Crippen LogP contribution in [0.2, 0.25) is 0 Å². The predicted molar refractivity (Wildman–Crippen MR) is 69.6 cm³/mol. The van der Waals surface area contributed by atoms with Crippen molar-refractivity contribution in [3.63, 3.8) is 0 Å². The lowest BCUT2D eigenvalue weighted by molar-refractivity contribution is 0.225. The maximum absolute atomic E-state index is 3.84. The molecule has 0 heterocycles. The maximum atomic E-state index is 3.84. The zero-order chi connectivity index (χ0) is 11.5. The Hall–Kier alpha value is -0.0800. The van der Waals surface area contributed by atoms with Gasteiger partial charge >= 0.3 is 0 Å². The van der Waals surface area contributed by atoms with Gasteiger partial charge in [-0.25, -0.2) is 0 Å². The van der Waals surface area contributed by atoms with Gasteiger partial charge in [-0.15, -0.1) is 0 Å². The highest BCUT2D eigenvalue weighted by atomic mass is 15.1. The van der Waals surface area contributed by atoms with Crippen LogP contribution in [0.15, 0.2) is 0 Å². The molecule has 2 rings (SSSR count). The number of nitrogens with zero attached hydrogens (tertiary/aromatic N) is 1. The lowest BCUT2D eigenvalue weighted by atomic mass is 9.85. The summed E-state index contributed by atoms with van der Waals surface area (Å²) in [6.45, 7) is 3.66. The van der Waals surface area contributed by atoms with Crippen LogP contribution in [0.25, 0.3) is 0 Å². The van der Waals surface area contributed by atoms with E-state index in [0.29, 0.717) is 0 Å². The minimum atomic E-state index is 0.774. The average Bonchev–Trinajstić information content (AvgIpc) is 3.03. The summed E-state index contributed by atoms with van der Waals surface area (Å²) in [4.78, 5) is 2.34. The fourth-order valence-corrected chi connectivity index (χ4v) is 3.13. The molecule has 2 aliphatic carbocycles. The van der Waals surface area contributed by atoms with Gasteiger partial charge in [0.25, 0.3) is 0 Å². The quantitative estimate of drug-likeness (QED) is 0.772. The van der Waals surface area contributed by atoms with Gasteiger partial charge in [0.2, 0.25) is 0 Å². The molecule has 0 aromatic heterocycles. The van der Waals surface area contributed by atoms with Crippen LogP contribution in [0, 0.1) is 11.8 Å². The summed E-state index contributed by atoms with van der Waals surface area (Å²) < 4.78 is 0. The number of nitrogens with one attached hydrogen (secondary N) is 1. The van der Waals surface area contributed by atoms with Crippen molar-refractivity contribution in [3.8, 4) is 0 Å². The van der Waals surface area contributed by atoms with Crippen LogP contribution in [0.4, 0.5) is 0 Å². The fourth-order valence-electron chi connectivity index (χ4n) is 3.13. The fraction of sp³-hybridized carbons (Fsp3) is 1.00. The van der Waals surface area contributed by atoms with Gasteiger partial charge in [-0.3, -0.25) is 0 Å². The number of hydrogen-bond donors (Lipinski definition) is 1. The van der Waals surface area contributed by atoms with E-state index in [-0.39, 0.29) is 0 Å². The SMILES string of the molecule is CC(NC1CCC(CN(C)C)CC1)C1CC1. The Labute approximate surface area is 101 Å². The molecule has 0 saturated heterocycles. The molecule has 0 spiro atoms. The molecular weight excluding hydrogens is 196 g/mol. The maximum Gasteiger partial charge on any atom is 0.00698 e. The molecule has 0 bridgehead atoms. The summed E-state index contributed by atoms with van der Waals surface area (Å²) in [6.07, 6.45) is 8.57. The first-order chi connectivity index (χ1) is 7.65. The van der Waals surface area contributed by atoms with E-state index in [2.05, 4.69) is 31.2 Å². The average molecular weight is 224 g/mol. The Morgan fingerprint density at radius 1 is 1.06 bits per heavy atom. The van der Waals surface area contributed by atoms with Gasteiger partial charge in [-0.2, -0.15) is 0 Å². The molecule has 1 unspecified atom stereocenters. The van der Waals surface area contributed by atoms with Crippen molar-refractivity contribution in [1.82, 2.24) is 10.2 Å². The molecule has 0 aliphatic heterocycles. The van der Waals surface area contributed by atoms with Crippen molar-refractivity contribution in [2.75, 3.05) is 20.6 Å². The molecule has 2 saturated carbocycles. The molecular formula is C14H28N2. The molecule has 94 valence electrons. The van der Waals surface area contributed by atoms with Crippen LogP contribution in [-0.4, -0.2) is 37.6 Å². The van der Waals surface area contributed by atoms with Gasteiger partial charge in [0.15, 0.2) is 0 Å². The van der Waals surface area contributed by atoms with Crippen LogP contribution in [0.3, 0.4) is 0 Å². The Balaban J connectivity index is 1.64. The molecule has 0 amide bonds. The zero-order valence-corrected chi connectivity index (χ0v) is 11.2. The largest absolute Gasteiger partial charge is 0.311 e. The zero-order valence-electron chi connectivity index (χ0n) is 11.2. The second-order valence-electron chi connectivity index (χ2n) is 6.27. The van der Waals surface area contributed by atoms with E-state index in [4.69, 9.17) is 0 Å². The number of hydrogen-bond acceptors (Lipinski definition) is 2. The lowest BCUT2D eigenvalue weighted by Crippen LogP contribution is -2.41. The molecule has 0 aromatic carbocycles. The van der Waals surface area contributed by atoms with Crippen LogP contribution in [-0.2, 0) is 0 Å². The molecule has 16 heavy (non-hydrogen) atoms. The topological polar surface area (TPSA) is 15.3 Å². The molecule has 1 N–H and O–H groups in total. The van der Waals surface area contributed by atoms with Crippen molar-refractivity contribution >= 4 is 0 Å². The van der Waals surface area contributed by atoms with Crippen molar-refractivity contribution in [1.29, 1.82) is 0 Å². The van der Waals surface area contributed by atoms with E-state index < -0.39 is 0 Å². The molecule has 2 nitrogen and oxygen atoms in total. The van der Waals surface area contributed by atoms with Gasteiger partial charge in [0.1, 0.15) is 0 Å². The summed E-state index contributed by atoms with van der Waals surface area (Å²) >= 11 is 0. The van der Waals surface area contributed by atoms with E-state index >= 15 is 0 Å². The molecule has 0 radical (unpaired) electrons. The van der Waals surface area contributed by atoms with Crippen LogP contribution >= 0.6 is 0 Å². The van der Waals surface area contributed by atoms with Crippen molar-refractivity contribution in [2.24, 2.45) is 11.8 Å². The summed E-state index contributed by atoms with van der Waals surface area (Å²) in [5.74, 6) is 1.95. The minimum Gasteiger partial charge on any atom is -0.311 e. The van der Waals surface area contributed by atoms with Gasteiger partial charge in [0, 0.05) is 18.6 Å². The molecule has 0 aromatic rings. The second-order valence-corrected chi connectivity index (χ2v) is 6.27. The first-order valence-electron chi connectivity index (χ1n) is 7.06. The standard InChI is InChI=1S/C14H28N2/c1-11(13-6-7-13)15-14-8-4-12(5-9-14)10-16(2)3/h11-15H,4-10H2,1-3H3. The highest BCUT2D eigenvalue weighted by Crippen LogP contribution is 2.33. The molecule has 2 fully saturated rings. The highest BCUT2D eigenvalue weighted by molar-refractivity contribution is 4.87. The van der Waals surface area contributed by atoms with E-state index in [0.717, 1.165) is 23.9 Å². The molecule has 1 atom stereocenters. The Morgan fingerprint density at radius 3 is 2.19 bits per heavy atom. The molecule has 2 aliphatic rings. The monoisotopic (exact) mass is 224 g/mol. The van der Waals surface area contributed by atoms with Crippen LogP contribution in [0.1, 0.15) is 45.4 Å². The van der Waals surface area contributed by atoms with Crippen molar-refractivity contribution < 1.29 is 0 Å². The highest BCUT2D eigenvalue weighted by Gasteiger charge is 2.30. The second kappa shape index (κ2) is 5.50. The third-order valence-corrected chi connectivity index (χ3v) is 4.30. The van der Waals surface area contributed by atoms with Crippen molar-refractivity contribution in [2.45, 2.75) is 57.5 Å². The summed E-state index contributed by atoms with van der Waals surface area (Å²) in [6, 6.07) is 1.59. The molecule has 2 heteroatoms. The van der Waals surface area contributed by atoms with Gasteiger partial charge < -0.3 is 10.2 Å². The minimum absolute atomic E-state index is 0.774. The lowest BCUT2D eigenvalue weighted by Gasteiger charge is -2.32. The summed E-state index contributed by atoms with van der Waals surface area (Å²) in [5.41, 5.74) is 0. The van der Waals surface area contributed by atoms with Crippen molar-refractivity contribution in [3.05, 3.63) is 0 Å². The predicted octanol–water partition coefficient (Wildman–Crippen LogP) is 2.49. The van der Waals surface area contributed by atoms with E-state index in [1.165, 1.54) is 45.1 Å². The van der Waals surface area contributed by atoms with Gasteiger partial charge in [-0.1, -0.05) is 0 Å². The van der Waals surface area contributed by atoms with Gasteiger partial charge in [-0.05, 0) is 71.4 Å². The van der Waals surface area contributed by atoms with Gasteiger partial charge in [0.05, 0.1) is 0 Å². The van der Waals surface area contributed by atoms with E-state index in [1.54, 1.807) is 0 Å². The van der Waals surface area contributed by atoms with E-state index in [9.17, 15) is 0 Å². The first-order valence-corrected chi connectivity index (χ1v) is 7.06. The Morgan fingerprint density at radius 2 is 1.69 bits per heavy atom. The number of rotatable bonds is 5. The third-order valence-electron chi connectivity index (χ3n) is 4.30. The van der Waals surface area contributed by atoms with Crippen LogP contribution < -0.4 is 5.32 Å². The normalized spacial score (nSPS) is 33.0. The Kier molecular flexibility index (Phi) is 4.26. The first kappa shape index (κ1) is 12.4. The van der Waals surface area contributed by atoms with E-state index in [1.807, 2.05) is 0 Å². The van der Waals surface area contributed by atoms with Crippen LogP contribution in [0.5, 0.6) is 0 Å². The smallest absolute Gasteiger partial charge is 0.00698 e. The summed E-state index contributed by atoms with van der Waals surface area (Å²) in [7, 11) is 4.39. The summed E-state index contributed by atoms with van der Waals surface area (Å²) in [5, 5.41) is 3.84. The Bertz CT molecular complexity index is 203. The third kappa shape index (κ3) is 3.74.